The number of rotatable bonds is 7. The van der Waals surface area contributed by atoms with Crippen molar-refractivity contribution in [3.8, 4) is 5.75 Å². The summed E-state index contributed by atoms with van der Waals surface area (Å²) in [5.41, 5.74) is 1.64. The first kappa shape index (κ1) is 20.1. The molecule has 2 N–H and O–H groups in total. The number of nitrogens with one attached hydrogen (secondary N) is 1. The lowest BCUT2D eigenvalue weighted by molar-refractivity contribution is -0.274. The van der Waals surface area contributed by atoms with Crippen LogP contribution < -0.4 is 10.1 Å². The lowest BCUT2D eigenvalue weighted by atomic mass is 10.1. The highest BCUT2D eigenvalue weighted by Gasteiger charge is 2.30. The first-order valence-electron chi connectivity index (χ1n) is 8.41. The van der Waals surface area contributed by atoms with Gasteiger partial charge in [0.25, 0.3) is 0 Å². The van der Waals surface area contributed by atoms with Crippen LogP contribution >= 0.6 is 0 Å². The fourth-order valence-electron chi connectivity index (χ4n) is 2.45. The number of halogens is 3. The Morgan fingerprint density at radius 3 is 2.31 bits per heavy atom. The molecule has 0 unspecified atom stereocenters. The fourth-order valence-corrected chi connectivity index (χ4v) is 2.45. The number of hydrogen-bond acceptors (Lipinski definition) is 6. The number of alkyl halides is 3. The van der Waals surface area contributed by atoms with E-state index in [1.807, 2.05) is 0 Å². The number of benzene rings is 2. The van der Waals surface area contributed by atoms with Crippen molar-refractivity contribution in [2.24, 2.45) is 0 Å². The Kier molecular flexibility index (Phi) is 5.91. The molecule has 3 aromatic rings. The van der Waals surface area contributed by atoms with Gasteiger partial charge in [-0.1, -0.05) is 12.1 Å². The van der Waals surface area contributed by atoms with Gasteiger partial charge < -0.3 is 15.2 Å². The molecule has 0 amide bonds. The van der Waals surface area contributed by atoms with E-state index in [-0.39, 0.29) is 17.3 Å². The molecule has 1 heterocycles. The minimum atomic E-state index is -4.74. The molecule has 0 spiro atoms. The zero-order valence-electron chi connectivity index (χ0n) is 14.8. The van der Waals surface area contributed by atoms with Crippen molar-refractivity contribution < 1.29 is 27.8 Å². The summed E-state index contributed by atoms with van der Waals surface area (Å²) in [6.07, 6.45) is -2.31. The number of nitrogens with zero attached hydrogens (tertiary/aromatic N) is 3. The molecule has 7 nitrogen and oxygen atoms in total. The van der Waals surface area contributed by atoms with E-state index < -0.39 is 12.3 Å². The van der Waals surface area contributed by atoms with E-state index in [0.717, 1.165) is 5.56 Å². The third-order valence-corrected chi connectivity index (χ3v) is 3.80. The van der Waals surface area contributed by atoms with Crippen molar-refractivity contribution in [1.82, 2.24) is 15.0 Å². The molecule has 0 atom stereocenters. The van der Waals surface area contributed by atoms with Crippen LogP contribution in [-0.2, 0) is 12.8 Å². The molecule has 0 radical (unpaired) electrons. The zero-order chi connectivity index (χ0) is 20.9. The van der Waals surface area contributed by atoms with Gasteiger partial charge in [-0.2, -0.15) is 4.98 Å². The minimum absolute atomic E-state index is 0.215. The molecule has 0 aliphatic heterocycles. The van der Waals surface area contributed by atoms with Crippen LogP contribution in [0.4, 0.5) is 24.8 Å². The van der Waals surface area contributed by atoms with Gasteiger partial charge in [0.15, 0.2) is 0 Å². The predicted octanol–water partition coefficient (Wildman–Crippen LogP) is 4.00. The van der Waals surface area contributed by atoms with Crippen molar-refractivity contribution in [2.75, 3.05) is 5.32 Å². The summed E-state index contributed by atoms with van der Waals surface area (Å²) in [6.45, 7) is 0. The molecule has 1 aromatic heterocycles. The van der Waals surface area contributed by atoms with Gasteiger partial charge in [-0.25, -0.2) is 14.8 Å². The normalized spacial score (nSPS) is 11.1. The summed E-state index contributed by atoms with van der Waals surface area (Å²) in [5, 5.41) is 11.8. The minimum Gasteiger partial charge on any atom is -0.478 e. The second kappa shape index (κ2) is 8.55. The van der Waals surface area contributed by atoms with Crippen LogP contribution in [0, 0.1) is 0 Å². The summed E-state index contributed by atoms with van der Waals surface area (Å²) in [7, 11) is 0. The summed E-state index contributed by atoms with van der Waals surface area (Å²) in [4.78, 5) is 23.2. The first-order valence-corrected chi connectivity index (χ1v) is 8.41. The van der Waals surface area contributed by atoms with Crippen molar-refractivity contribution in [3.63, 3.8) is 0 Å². The number of hydrogen-bond donors (Lipinski definition) is 2. The van der Waals surface area contributed by atoms with E-state index in [1.54, 1.807) is 12.1 Å². The number of aromatic nitrogens is 3. The van der Waals surface area contributed by atoms with Gasteiger partial charge in [0.05, 0.1) is 5.56 Å². The molecular formula is C19H15F3N4O3. The highest BCUT2D eigenvalue weighted by Crippen LogP contribution is 2.24. The van der Waals surface area contributed by atoms with Crippen LogP contribution in [-0.4, -0.2) is 32.4 Å². The Morgan fingerprint density at radius 1 is 1.00 bits per heavy atom. The monoisotopic (exact) mass is 404 g/mol. The van der Waals surface area contributed by atoms with Gasteiger partial charge in [-0.05, 0) is 48.4 Å². The summed E-state index contributed by atoms with van der Waals surface area (Å²) in [5.74, 6) is -0.543. The van der Waals surface area contributed by atoms with E-state index >= 15 is 0 Å². The van der Waals surface area contributed by atoms with Gasteiger partial charge in [0.2, 0.25) is 5.95 Å². The Labute approximate surface area is 163 Å². The first-order chi connectivity index (χ1) is 13.8. The Bertz CT molecular complexity index is 977. The van der Waals surface area contributed by atoms with Crippen LogP contribution in [0.2, 0.25) is 0 Å². The largest absolute Gasteiger partial charge is 0.573 e. The quantitative estimate of drug-likeness (QED) is 0.614. The number of anilines is 2. The molecule has 0 fully saturated rings. The molecule has 0 saturated heterocycles. The van der Waals surface area contributed by atoms with Crippen LogP contribution in [0.15, 0.2) is 54.9 Å². The van der Waals surface area contributed by atoms with E-state index in [2.05, 4.69) is 25.0 Å². The van der Waals surface area contributed by atoms with E-state index in [9.17, 15) is 18.0 Å². The number of aromatic carboxylic acids is 1. The van der Waals surface area contributed by atoms with Crippen LogP contribution in [0.5, 0.6) is 5.75 Å². The maximum Gasteiger partial charge on any atom is 0.573 e. The standard InChI is InChI=1S/C19H15F3N4O3/c20-19(21,22)29-15-8-6-14(7-9-15)25-18-24-11-23-16(26-18)10-3-12-1-4-13(5-2-12)17(27)28/h1-2,4-9,11H,3,10H2,(H,27,28)(H,23,24,25,26). The lowest BCUT2D eigenvalue weighted by Gasteiger charge is -2.10. The molecule has 150 valence electrons. The summed E-state index contributed by atoms with van der Waals surface area (Å²) >= 11 is 0. The molecule has 0 aliphatic carbocycles. The van der Waals surface area contributed by atoms with Gasteiger partial charge in [0, 0.05) is 12.1 Å². The van der Waals surface area contributed by atoms with E-state index in [0.29, 0.717) is 24.4 Å². The van der Waals surface area contributed by atoms with Crippen molar-refractivity contribution in [2.45, 2.75) is 19.2 Å². The molecule has 0 bridgehead atoms. The van der Waals surface area contributed by atoms with Gasteiger partial charge in [-0.15, -0.1) is 13.2 Å². The molecular weight excluding hydrogens is 389 g/mol. The Hall–Kier alpha value is -3.69. The third-order valence-electron chi connectivity index (χ3n) is 3.80. The Balaban J connectivity index is 1.60. The fraction of sp³-hybridized carbons (Fsp3) is 0.158. The molecule has 10 heteroatoms. The van der Waals surface area contributed by atoms with E-state index in [1.165, 1.54) is 42.7 Å². The number of aryl methyl sites for hydroxylation is 2. The smallest absolute Gasteiger partial charge is 0.478 e. The molecule has 3 rings (SSSR count). The number of carboxylic acid groups (broad SMARTS) is 1. The van der Waals surface area contributed by atoms with Crippen LogP contribution in [0.1, 0.15) is 21.7 Å². The van der Waals surface area contributed by atoms with Crippen molar-refractivity contribution in [1.29, 1.82) is 0 Å². The maximum absolute atomic E-state index is 12.2. The topological polar surface area (TPSA) is 97.2 Å². The Morgan fingerprint density at radius 2 is 1.69 bits per heavy atom. The second-order valence-electron chi connectivity index (χ2n) is 5.92. The van der Waals surface area contributed by atoms with Crippen molar-refractivity contribution in [3.05, 3.63) is 71.8 Å². The molecule has 2 aromatic carbocycles. The second-order valence-corrected chi connectivity index (χ2v) is 5.92. The highest BCUT2D eigenvalue weighted by atomic mass is 19.4. The number of ether oxygens (including phenoxy) is 1. The van der Waals surface area contributed by atoms with Gasteiger partial charge >= 0.3 is 12.3 Å². The van der Waals surface area contributed by atoms with Gasteiger partial charge in [-0.3, -0.25) is 0 Å². The van der Waals surface area contributed by atoms with Gasteiger partial charge in [0.1, 0.15) is 17.9 Å². The van der Waals surface area contributed by atoms with E-state index in [4.69, 9.17) is 5.11 Å². The zero-order valence-corrected chi connectivity index (χ0v) is 14.8. The maximum atomic E-state index is 12.2. The summed E-state index contributed by atoms with van der Waals surface area (Å²) < 4.78 is 40.4. The SMILES string of the molecule is O=C(O)c1ccc(CCc2ncnc(Nc3ccc(OC(F)(F)F)cc3)n2)cc1. The predicted molar refractivity (Wildman–Crippen MR) is 97.0 cm³/mol. The van der Waals surface area contributed by atoms with Crippen LogP contribution in [0.25, 0.3) is 0 Å². The molecule has 0 aliphatic rings. The average molecular weight is 404 g/mol. The number of carbonyl (C=O) groups is 1. The van der Waals surface area contributed by atoms with Crippen LogP contribution in [0.3, 0.4) is 0 Å². The average Bonchev–Trinajstić information content (AvgIpc) is 2.67. The number of carboxylic acids is 1. The van der Waals surface area contributed by atoms with Crippen molar-refractivity contribution >= 4 is 17.6 Å². The summed E-state index contributed by atoms with van der Waals surface area (Å²) in [6, 6.07) is 11.7. The molecule has 0 saturated carbocycles. The third kappa shape index (κ3) is 6.16. The molecule has 29 heavy (non-hydrogen) atoms. The lowest BCUT2D eigenvalue weighted by Crippen LogP contribution is -2.17. The highest BCUT2D eigenvalue weighted by molar-refractivity contribution is 5.87.